The number of carbonyl (C=O) groups excluding carboxylic acids is 2. The molecule has 1 saturated heterocycles. The molecule has 2 heterocycles. The van der Waals surface area contributed by atoms with Gasteiger partial charge in [-0.2, -0.15) is 0 Å². The Morgan fingerprint density at radius 2 is 1.97 bits per heavy atom. The number of hydrogen-bond donors (Lipinski definition) is 1. The van der Waals surface area contributed by atoms with Gasteiger partial charge in [0.25, 0.3) is 5.91 Å². The second-order valence-corrected chi connectivity index (χ2v) is 8.75. The van der Waals surface area contributed by atoms with Crippen LogP contribution in [-0.2, 0) is 11.3 Å². The fraction of sp³-hybridized carbons (Fsp3) is 0.417. The molecule has 2 aromatic rings. The molecule has 0 bridgehead atoms. The molecule has 152 valence electrons. The molecule has 1 atom stereocenters. The maximum atomic E-state index is 12.9. The van der Waals surface area contributed by atoms with Crippen LogP contribution in [0.4, 0.5) is 0 Å². The van der Waals surface area contributed by atoms with E-state index in [9.17, 15) is 9.59 Å². The number of carbonyl (C=O) groups is 2. The lowest BCUT2D eigenvalue weighted by Gasteiger charge is -2.38. The van der Waals surface area contributed by atoms with Gasteiger partial charge in [-0.3, -0.25) is 9.59 Å². The highest BCUT2D eigenvalue weighted by atomic mass is 16.5. The molecule has 5 heteroatoms. The Labute approximate surface area is 172 Å². The summed E-state index contributed by atoms with van der Waals surface area (Å²) in [5.41, 5.74) is 3.49. The number of fused-ring (bicyclic) bond motifs is 1. The molecule has 2 aliphatic heterocycles. The van der Waals surface area contributed by atoms with Crippen LogP contribution in [0, 0.1) is 6.92 Å². The molecule has 1 fully saturated rings. The molecular weight excluding hydrogens is 364 g/mol. The van der Waals surface area contributed by atoms with E-state index in [0.29, 0.717) is 24.9 Å². The number of benzene rings is 2. The monoisotopic (exact) mass is 392 g/mol. The number of ether oxygens (including phenoxy) is 1. The predicted molar refractivity (Wildman–Crippen MR) is 112 cm³/mol. The number of nitrogens with zero attached hydrogens (tertiary/aromatic N) is 1. The van der Waals surface area contributed by atoms with E-state index in [4.69, 9.17) is 4.74 Å². The van der Waals surface area contributed by atoms with Crippen LogP contribution in [0.1, 0.15) is 66.2 Å². The van der Waals surface area contributed by atoms with E-state index in [1.54, 1.807) is 0 Å². The minimum Gasteiger partial charge on any atom is -0.487 e. The van der Waals surface area contributed by atoms with Gasteiger partial charge in [0.2, 0.25) is 5.91 Å². The average molecular weight is 392 g/mol. The molecule has 0 aliphatic carbocycles. The Balaban J connectivity index is 1.47. The Hall–Kier alpha value is -2.82. The molecule has 0 aromatic heterocycles. The molecule has 0 saturated carbocycles. The van der Waals surface area contributed by atoms with Crippen LogP contribution in [0.25, 0.3) is 0 Å². The van der Waals surface area contributed by atoms with Gasteiger partial charge >= 0.3 is 0 Å². The number of amides is 2. The van der Waals surface area contributed by atoms with Gasteiger partial charge in [0.1, 0.15) is 11.4 Å². The van der Waals surface area contributed by atoms with Crippen molar-refractivity contribution in [1.29, 1.82) is 0 Å². The molecule has 2 amide bonds. The van der Waals surface area contributed by atoms with Crippen molar-refractivity contribution in [1.82, 2.24) is 10.2 Å². The van der Waals surface area contributed by atoms with Crippen LogP contribution in [-0.4, -0.2) is 28.9 Å². The molecule has 5 nitrogen and oxygen atoms in total. The normalized spacial score (nSPS) is 20.2. The summed E-state index contributed by atoms with van der Waals surface area (Å²) in [4.78, 5) is 26.6. The molecule has 4 rings (SSSR count). The highest BCUT2D eigenvalue weighted by molar-refractivity contribution is 5.94. The number of hydrogen-bond acceptors (Lipinski definition) is 3. The molecule has 29 heavy (non-hydrogen) atoms. The van der Waals surface area contributed by atoms with Crippen molar-refractivity contribution in [2.75, 3.05) is 6.54 Å². The van der Waals surface area contributed by atoms with Gasteiger partial charge in [0.15, 0.2) is 0 Å². The quantitative estimate of drug-likeness (QED) is 0.850. The fourth-order valence-electron chi connectivity index (χ4n) is 4.18. The molecule has 0 spiro atoms. The largest absolute Gasteiger partial charge is 0.487 e. The summed E-state index contributed by atoms with van der Waals surface area (Å²) in [6.45, 7) is 7.56. The van der Waals surface area contributed by atoms with Crippen molar-refractivity contribution in [3.8, 4) is 5.75 Å². The summed E-state index contributed by atoms with van der Waals surface area (Å²) in [7, 11) is 0. The van der Waals surface area contributed by atoms with E-state index in [1.165, 1.54) is 0 Å². The average Bonchev–Trinajstić information content (AvgIpc) is 3.05. The Kier molecular flexibility index (Phi) is 5.07. The summed E-state index contributed by atoms with van der Waals surface area (Å²) in [6, 6.07) is 13.6. The van der Waals surface area contributed by atoms with E-state index in [2.05, 4.69) is 5.32 Å². The van der Waals surface area contributed by atoms with Crippen LogP contribution in [0.3, 0.4) is 0 Å². The summed E-state index contributed by atoms with van der Waals surface area (Å²) in [5, 5.41) is 3.18. The first-order chi connectivity index (χ1) is 13.8. The van der Waals surface area contributed by atoms with E-state index >= 15 is 0 Å². The smallest absolute Gasteiger partial charge is 0.251 e. The van der Waals surface area contributed by atoms with Gasteiger partial charge < -0.3 is 15.0 Å². The van der Waals surface area contributed by atoms with Gasteiger partial charge in [-0.05, 0) is 56.5 Å². The highest BCUT2D eigenvalue weighted by Crippen LogP contribution is 2.40. The molecular formula is C24H28N2O3. The summed E-state index contributed by atoms with van der Waals surface area (Å²) < 4.78 is 6.12. The zero-order valence-electron chi connectivity index (χ0n) is 17.3. The molecule has 2 aromatic carbocycles. The Bertz CT molecular complexity index is 934. The Morgan fingerprint density at radius 1 is 1.21 bits per heavy atom. The first kappa shape index (κ1) is 19.5. The second-order valence-electron chi connectivity index (χ2n) is 8.75. The van der Waals surface area contributed by atoms with E-state index < -0.39 is 0 Å². The first-order valence-electron chi connectivity index (χ1n) is 10.3. The van der Waals surface area contributed by atoms with Crippen LogP contribution >= 0.6 is 0 Å². The molecule has 1 unspecified atom stereocenters. The SMILES string of the molecule is Cc1ccc2c(c1)OC(C)(C)CC2NC(=O)c1ccc(CN2CCCC2=O)cc1. The van der Waals surface area contributed by atoms with Gasteiger partial charge in [0.05, 0.1) is 6.04 Å². The number of nitrogens with one attached hydrogen (secondary N) is 1. The maximum Gasteiger partial charge on any atom is 0.251 e. The van der Waals surface area contributed by atoms with Gasteiger partial charge in [-0.15, -0.1) is 0 Å². The number of likely N-dealkylation sites (tertiary alicyclic amines) is 1. The van der Waals surface area contributed by atoms with Gasteiger partial charge in [0, 0.05) is 37.1 Å². The fourth-order valence-corrected chi connectivity index (χ4v) is 4.18. The lowest BCUT2D eigenvalue weighted by Crippen LogP contribution is -2.41. The third-order valence-electron chi connectivity index (χ3n) is 5.69. The zero-order chi connectivity index (χ0) is 20.6. The minimum absolute atomic E-state index is 0.0938. The topological polar surface area (TPSA) is 58.6 Å². The number of rotatable bonds is 4. The second kappa shape index (κ2) is 7.54. The van der Waals surface area contributed by atoms with E-state index in [0.717, 1.165) is 35.4 Å². The van der Waals surface area contributed by atoms with Gasteiger partial charge in [-0.1, -0.05) is 24.3 Å². The third-order valence-corrected chi connectivity index (χ3v) is 5.69. The van der Waals surface area contributed by atoms with Crippen molar-refractivity contribution < 1.29 is 14.3 Å². The standard InChI is InChI=1S/C24H28N2O3/c1-16-6-11-19-20(14-24(2,3)29-21(19)13-16)25-23(28)18-9-7-17(8-10-18)15-26-12-4-5-22(26)27/h6-11,13,20H,4-5,12,14-15H2,1-3H3,(H,25,28). The highest BCUT2D eigenvalue weighted by Gasteiger charge is 2.34. The predicted octanol–water partition coefficient (Wildman–Crippen LogP) is 4.15. The van der Waals surface area contributed by atoms with Crippen molar-refractivity contribution >= 4 is 11.8 Å². The van der Waals surface area contributed by atoms with Crippen molar-refractivity contribution in [3.05, 3.63) is 64.7 Å². The Morgan fingerprint density at radius 3 is 2.66 bits per heavy atom. The lowest BCUT2D eigenvalue weighted by atomic mass is 9.89. The summed E-state index contributed by atoms with van der Waals surface area (Å²) in [5.74, 6) is 0.961. The zero-order valence-corrected chi connectivity index (χ0v) is 17.3. The minimum atomic E-state index is -0.342. The first-order valence-corrected chi connectivity index (χ1v) is 10.3. The summed E-state index contributed by atoms with van der Waals surface area (Å²) in [6.07, 6.45) is 2.29. The van der Waals surface area contributed by atoms with E-state index in [1.807, 2.05) is 68.1 Å². The maximum absolute atomic E-state index is 12.9. The van der Waals surface area contributed by atoms with Crippen molar-refractivity contribution in [3.63, 3.8) is 0 Å². The summed E-state index contributed by atoms with van der Waals surface area (Å²) >= 11 is 0. The number of aryl methyl sites for hydroxylation is 1. The van der Waals surface area contributed by atoms with Crippen molar-refractivity contribution in [2.24, 2.45) is 0 Å². The lowest BCUT2D eigenvalue weighted by molar-refractivity contribution is -0.128. The third kappa shape index (κ3) is 4.29. The van der Waals surface area contributed by atoms with Crippen LogP contribution in [0.5, 0.6) is 5.75 Å². The van der Waals surface area contributed by atoms with Crippen LogP contribution in [0.2, 0.25) is 0 Å². The molecule has 2 aliphatic rings. The van der Waals surface area contributed by atoms with Crippen LogP contribution < -0.4 is 10.1 Å². The van der Waals surface area contributed by atoms with E-state index in [-0.39, 0.29) is 23.5 Å². The molecule has 0 radical (unpaired) electrons. The molecule has 1 N–H and O–H groups in total. The van der Waals surface area contributed by atoms with Gasteiger partial charge in [-0.25, -0.2) is 0 Å². The van der Waals surface area contributed by atoms with Crippen LogP contribution in [0.15, 0.2) is 42.5 Å². The van der Waals surface area contributed by atoms with Crippen molar-refractivity contribution in [2.45, 2.75) is 58.2 Å².